The maximum absolute atomic E-state index is 13.6. The molecule has 28 heavy (non-hydrogen) atoms. The van der Waals surface area contributed by atoms with Gasteiger partial charge in [-0.2, -0.15) is 0 Å². The maximum atomic E-state index is 13.6. The van der Waals surface area contributed by atoms with Gasteiger partial charge in [-0.1, -0.05) is 54.2 Å². The molecule has 0 fully saturated rings. The summed E-state index contributed by atoms with van der Waals surface area (Å²) < 4.78 is 1.81. The average Bonchev–Trinajstić information content (AvgIpc) is 3.28. The van der Waals surface area contributed by atoms with Crippen molar-refractivity contribution < 1.29 is 0 Å². The molecule has 0 unspecified atom stereocenters. The third-order valence-electron chi connectivity index (χ3n) is 5.18. The van der Waals surface area contributed by atoms with E-state index in [0.29, 0.717) is 0 Å². The van der Waals surface area contributed by atoms with Crippen LogP contribution in [0, 0.1) is 6.92 Å². The quantitative estimate of drug-likeness (QED) is 0.331. The van der Waals surface area contributed by atoms with Gasteiger partial charge in [-0.05, 0) is 55.0 Å². The van der Waals surface area contributed by atoms with E-state index < -0.39 is 0 Å². The van der Waals surface area contributed by atoms with Crippen LogP contribution < -0.4 is 5.56 Å². The van der Waals surface area contributed by atoms with Crippen molar-refractivity contribution >= 4 is 33.3 Å². The van der Waals surface area contributed by atoms with E-state index in [4.69, 9.17) is 4.98 Å². The van der Waals surface area contributed by atoms with Crippen molar-refractivity contribution in [1.29, 1.82) is 0 Å². The Morgan fingerprint density at radius 1 is 1.11 bits per heavy atom. The number of hydrogen-bond acceptors (Lipinski definition) is 4. The number of thiophene rings is 1. The minimum Gasteiger partial charge on any atom is -0.268 e. The third-order valence-corrected chi connectivity index (χ3v) is 7.37. The van der Waals surface area contributed by atoms with Crippen LogP contribution in [0.1, 0.15) is 28.0 Å². The van der Waals surface area contributed by atoms with Gasteiger partial charge in [-0.25, -0.2) is 4.98 Å². The Hall–Kier alpha value is -2.37. The fraction of sp³-hybridized carbons (Fsp3) is 0.217. The van der Waals surface area contributed by atoms with Gasteiger partial charge in [0.2, 0.25) is 0 Å². The molecule has 140 valence electrons. The van der Waals surface area contributed by atoms with Crippen LogP contribution in [-0.4, -0.2) is 9.55 Å². The highest BCUT2D eigenvalue weighted by atomic mass is 32.2. The fourth-order valence-corrected chi connectivity index (χ4v) is 6.11. The second-order valence-electron chi connectivity index (χ2n) is 7.19. The first-order valence-corrected chi connectivity index (χ1v) is 11.3. The third kappa shape index (κ3) is 3.09. The number of thioether (sulfide) groups is 1. The van der Waals surface area contributed by atoms with Gasteiger partial charge >= 0.3 is 0 Å². The van der Waals surface area contributed by atoms with Gasteiger partial charge in [-0.3, -0.25) is 9.36 Å². The fourth-order valence-electron chi connectivity index (χ4n) is 3.84. The molecule has 0 N–H and O–H groups in total. The SMILES string of the molecule is Cc1cccc(-n2c(SCc3ccccc3)nc3sc4c(c3c2=O)CCC4)c1. The van der Waals surface area contributed by atoms with E-state index in [1.54, 1.807) is 23.1 Å². The van der Waals surface area contributed by atoms with Gasteiger partial charge in [0, 0.05) is 10.6 Å². The van der Waals surface area contributed by atoms with Gasteiger partial charge in [0.15, 0.2) is 5.16 Å². The molecule has 2 aromatic carbocycles. The average molecular weight is 405 g/mol. The monoisotopic (exact) mass is 404 g/mol. The number of rotatable bonds is 4. The molecule has 0 amide bonds. The van der Waals surface area contributed by atoms with Crippen LogP contribution in [0.15, 0.2) is 64.5 Å². The summed E-state index contributed by atoms with van der Waals surface area (Å²) in [6, 6.07) is 18.5. The van der Waals surface area contributed by atoms with Gasteiger partial charge in [-0.15, -0.1) is 11.3 Å². The number of hydrogen-bond donors (Lipinski definition) is 0. The summed E-state index contributed by atoms with van der Waals surface area (Å²) in [6.07, 6.45) is 3.22. The summed E-state index contributed by atoms with van der Waals surface area (Å²) in [5.41, 5.74) is 4.57. The van der Waals surface area contributed by atoms with Crippen molar-refractivity contribution in [3.05, 3.63) is 86.5 Å². The van der Waals surface area contributed by atoms with Gasteiger partial charge < -0.3 is 0 Å². The zero-order valence-corrected chi connectivity index (χ0v) is 17.3. The highest BCUT2D eigenvalue weighted by Crippen LogP contribution is 2.36. The van der Waals surface area contributed by atoms with Crippen molar-refractivity contribution in [2.45, 2.75) is 37.1 Å². The summed E-state index contributed by atoms with van der Waals surface area (Å²) in [6.45, 7) is 2.06. The highest BCUT2D eigenvalue weighted by Gasteiger charge is 2.23. The maximum Gasteiger partial charge on any atom is 0.267 e. The molecule has 0 atom stereocenters. The lowest BCUT2D eigenvalue weighted by molar-refractivity contribution is 0.819. The molecule has 0 aliphatic heterocycles. The normalized spacial score (nSPS) is 13.2. The molecular formula is C23H20N2OS2. The molecule has 0 saturated carbocycles. The lowest BCUT2D eigenvalue weighted by Crippen LogP contribution is -2.22. The van der Waals surface area contributed by atoms with Crippen LogP contribution in [0.25, 0.3) is 15.9 Å². The summed E-state index contributed by atoms with van der Waals surface area (Å²) in [5, 5.41) is 1.61. The molecule has 5 rings (SSSR count). The summed E-state index contributed by atoms with van der Waals surface area (Å²) in [4.78, 5) is 20.8. The molecule has 2 aromatic heterocycles. The van der Waals surface area contributed by atoms with Gasteiger partial charge in [0.25, 0.3) is 5.56 Å². The number of aryl methyl sites for hydroxylation is 3. The molecule has 0 saturated heterocycles. The zero-order valence-electron chi connectivity index (χ0n) is 15.6. The summed E-state index contributed by atoms with van der Waals surface area (Å²) >= 11 is 3.33. The van der Waals surface area contributed by atoms with E-state index in [1.165, 1.54) is 16.0 Å². The number of fused-ring (bicyclic) bond motifs is 3. The Labute approximate surface area is 172 Å². The highest BCUT2D eigenvalue weighted by molar-refractivity contribution is 7.98. The van der Waals surface area contributed by atoms with E-state index in [2.05, 4.69) is 31.2 Å². The molecule has 0 bridgehead atoms. The van der Waals surface area contributed by atoms with Crippen LogP contribution in [0.2, 0.25) is 0 Å². The first-order chi connectivity index (χ1) is 13.7. The van der Waals surface area contributed by atoms with Crippen LogP contribution in [0.5, 0.6) is 0 Å². The smallest absolute Gasteiger partial charge is 0.267 e. The molecule has 0 radical (unpaired) electrons. The second kappa shape index (κ2) is 7.22. The summed E-state index contributed by atoms with van der Waals surface area (Å²) in [7, 11) is 0. The van der Waals surface area contributed by atoms with Crippen LogP contribution in [0.4, 0.5) is 0 Å². The second-order valence-corrected chi connectivity index (χ2v) is 9.21. The first-order valence-electron chi connectivity index (χ1n) is 9.52. The van der Waals surface area contributed by atoms with Gasteiger partial charge in [0.1, 0.15) is 4.83 Å². The summed E-state index contributed by atoms with van der Waals surface area (Å²) in [5.74, 6) is 0.787. The van der Waals surface area contributed by atoms with Crippen LogP contribution >= 0.6 is 23.1 Å². The van der Waals surface area contributed by atoms with Crippen molar-refractivity contribution in [2.75, 3.05) is 0 Å². The predicted molar refractivity (Wildman–Crippen MR) is 118 cm³/mol. The molecule has 1 aliphatic rings. The molecule has 2 heterocycles. The topological polar surface area (TPSA) is 34.9 Å². The first kappa shape index (κ1) is 17.7. The molecular weight excluding hydrogens is 384 g/mol. The molecule has 1 aliphatic carbocycles. The van der Waals surface area contributed by atoms with Crippen molar-refractivity contribution in [3.63, 3.8) is 0 Å². The lowest BCUT2D eigenvalue weighted by Gasteiger charge is -2.13. The molecule has 0 spiro atoms. The minimum atomic E-state index is 0.0746. The lowest BCUT2D eigenvalue weighted by atomic mass is 10.2. The predicted octanol–water partition coefficient (Wildman–Crippen LogP) is 5.54. The largest absolute Gasteiger partial charge is 0.268 e. The van der Waals surface area contributed by atoms with Crippen LogP contribution in [-0.2, 0) is 18.6 Å². The van der Waals surface area contributed by atoms with Crippen molar-refractivity contribution in [1.82, 2.24) is 9.55 Å². The van der Waals surface area contributed by atoms with Crippen molar-refractivity contribution in [2.24, 2.45) is 0 Å². The van der Waals surface area contributed by atoms with E-state index in [-0.39, 0.29) is 5.56 Å². The Balaban J connectivity index is 1.69. The van der Waals surface area contributed by atoms with Gasteiger partial charge in [0.05, 0.1) is 11.1 Å². The molecule has 3 nitrogen and oxygen atoms in total. The van der Waals surface area contributed by atoms with E-state index >= 15 is 0 Å². The Kier molecular flexibility index (Phi) is 4.57. The molecule has 5 heteroatoms. The Morgan fingerprint density at radius 2 is 1.96 bits per heavy atom. The molecule has 4 aromatic rings. The Bertz CT molecular complexity index is 1220. The zero-order chi connectivity index (χ0) is 19.1. The standard InChI is InChI=1S/C23H20N2OS2/c1-15-7-5-10-17(13-15)25-22(26)20-18-11-6-12-19(18)28-21(20)24-23(25)27-14-16-8-3-2-4-9-16/h2-5,7-10,13H,6,11-12,14H2,1H3. The number of nitrogens with zero attached hydrogens (tertiary/aromatic N) is 2. The van der Waals surface area contributed by atoms with E-state index in [1.807, 2.05) is 34.9 Å². The number of aromatic nitrogens is 2. The van der Waals surface area contributed by atoms with Crippen molar-refractivity contribution in [3.8, 4) is 5.69 Å². The van der Waals surface area contributed by atoms with E-state index in [0.717, 1.165) is 51.6 Å². The van der Waals surface area contributed by atoms with E-state index in [9.17, 15) is 4.79 Å². The Morgan fingerprint density at radius 3 is 2.79 bits per heavy atom. The number of benzene rings is 2. The van der Waals surface area contributed by atoms with Crippen LogP contribution in [0.3, 0.4) is 0 Å². The minimum absolute atomic E-state index is 0.0746.